The van der Waals surface area contributed by atoms with Gasteiger partial charge in [-0.3, -0.25) is 0 Å². The standard InChI is InChI=1S/3C34H23N.15C2H6/c1-4-10-27-20(7-1)13-23-19-29-24(18-28(23)27)15-25-16-26-14-21-8-2-5-11-31(21)35-32-12-6-3-9-22(32)17-30(33(25)29)34(26)35;1-4-10-25-20(7-1)17-28-26(25)13-14-27-29(28)19-23-16-24-15-21-8-2-5-11-31(21)35-32-12-6-3-9-22(32)18-30(33(23)27)34(24)35;1-4-10-26-20(7-1)15-23-13-14-27-28(32(23)26)19-24-17-25-16-21-8-2-5-11-30(21)35-31-12-6-3-9-22(31)18-29(33(24)27)34(25)35;15*1-2/h1-12,16,18-19H,13-15,17H2;1-14,16H,15,17-19H2;1-14,17H,15-16,18-19H2;15*1-2H3. The molecular weight excluding hydrogens is 1630 g/mol. The summed E-state index contributed by atoms with van der Waals surface area (Å²) in [5, 5.41) is 0. The molecule has 0 saturated carbocycles. The smallest absolute Gasteiger partial charge is 0.0539 e. The number of hydrogen-bond acceptors (Lipinski definition) is 3. The van der Waals surface area contributed by atoms with E-state index >= 15 is 0 Å². The molecule has 0 radical (unpaired) electrons. The second-order valence-corrected chi connectivity index (χ2v) is 31.5. The molecule has 12 aliphatic rings. The molecule has 6 aliphatic carbocycles. The lowest BCUT2D eigenvalue weighted by atomic mass is 9.82. The van der Waals surface area contributed by atoms with Crippen LogP contribution in [0, 0.1) is 0 Å². The van der Waals surface area contributed by atoms with Crippen molar-refractivity contribution in [2.45, 2.75) is 285 Å². The van der Waals surface area contributed by atoms with E-state index < -0.39 is 0 Å². The van der Waals surface area contributed by atoms with Crippen molar-refractivity contribution in [3.63, 3.8) is 0 Å². The zero-order valence-corrected chi connectivity index (χ0v) is 88.3. The first-order valence-electron chi connectivity index (χ1n) is 53.2. The Labute approximate surface area is 818 Å². The number of rotatable bonds is 0. The minimum absolute atomic E-state index is 1.01. The monoisotopic (exact) mass is 1790 g/mol. The highest BCUT2D eigenvalue weighted by Crippen LogP contribution is 2.62. The Morgan fingerprint density at radius 1 is 0.126 bits per heavy atom. The molecule has 0 bridgehead atoms. The lowest BCUT2D eigenvalue weighted by Crippen LogP contribution is -2.25. The Morgan fingerprint density at radius 3 is 0.726 bits per heavy atom. The molecule has 0 spiro atoms. The van der Waals surface area contributed by atoms with Crippen molar-refractivity contribution in [3.8, 4) is 66.8 Å². The topological polar surface area (TPSA) is 9.72 Å². The van der Waals surface area contributed by atoms with Gasteiger partial charge in [0.05, 0.1) is 17.1 Å². The molecule has 0 amide bonds. The van der Waals surface area contributed by atoms with Crippen LogP contribution in [0.3, 0.4) is 0 Å². The molecule has 0 aromatic heterocycles. The molecule has 0 N–H and O–H groups in total. The zero-order chi connectivity index (χ0) is 98.0. The van der Waals surface area contributed by atoms with Crippen LogP contribution in [0.1, 0.15) is 341 Å². The van der Waals surface area contributed by atoms with Crippen LogP contribution in [0.4, 0.5) is 51.2 Å². The van der Waals surface area contributed by atoms with E-state index in [0.717, 1.165) is 77.0 Å². The summed E-state index contributed by atoms with van der Waals surface area (Å²) in [4.78, 5) is 7.68. The van der Waals surface area contributed by atoms with Crippen molar-refractivity contribution in [1.82, 2.24) is 0 Å². The predicted molar refractivity (Wildman–Crippen MR) is 600 cm³/mol. The van der Waals surface area contributed by atoms with Crippen molar-refractivity contribution < 1.29 is 0 Å². The highest BCUT2D eigenvalue weighted by atomic mass is 15.2. The lowest BCUT2D eigenvalue weighted by molar-refractivity contribution is 1.01. The van der Waals surface area contributed by atoms with Gasteiger partial charge in [-0.25, -0.2) is 0 Å². The normalized spacial score (nSPS) is 12.3. The van der Waals surface area contributed by atoms with E-state index in [2.05, 4.69) is 288 Å². The number of fused-ring (bicyclic) bond motifs is 35. The van der Waals surface area contributed by atoms with Gasteiger partial charge in [0, 0.05) is 72.6 Å². The fourth-order valence-corrected chi connectivity index (χ4v) is 21.9. The van der Waals surface area contributed by atoms with Gasteiger partial charge in [0.1, 0.15) is 0 Å². The molecule has 3 nitrogen and oxygen atoms in total. The largest absolute Gasteiger partial charge is 0.309 e. The van der Waals surface area contributed by atoms with Gasteiger partial charge >= 0.3 is 0 Å². The first kappa shape index (κ1) is 105. The molecule has 27 rings (SSSR count). The van der Waals surface area contributed by atoms with Gasteiger partial charge in [-0.15, -0.1) is 0 Å². The molecule has 6 heterocycles. The fourth-order valence-electron chi connectivity index (χ4n) is 21.9. The highest BCUT2D eigenvalue weighted by Gasteiger charge is 2.42. The van der Waals surface area contributed by atoms with Crippen molar-refractivity contribution >= 4 is 51.2 Å². The zero-order valence-electron chi connectivity index (χ0n) is 88.3. The molecule has 702 valence electrons. The van der Waals surface area contributed by atoms with Crippen LogP contribution in [0.25, 0.3) is 66.8 Å². The van der Waals surface area contributed by atoms with E-state index in [0.29, 0.717) is 0 Å². The van der Waals surface area contributed by atoms with Crippen LogP contribution < -0.4 is 14.7 Å². The van der Waals surface area contributed by atoms with Crippen LogP contribution in [0.15, 0.2) is 273 Å². The third kappa shape index (κ3) is 18.8. The van der Waals surface area contributed by atoms with Crippen molar-refractivity contribution in [2.75, 3.05) is 14.7 Å². The fraction of sp³-hybridized carbons (Fsp3) is 0.318. The first-order chi connectivity index (χ1) is 67.0. The molecule has 15 aromatic rings. The second-order valence-electron chi connectivity index (χ2n) is 31.5. The minimum Gasteiger partial charge on any atom is -0.309 e. The first-order valence-corrected chi connectivity index (χ1v) is 53.2. The molecule has 15 aromatic carbocycles. The SMILES string of the molecule is CC.CC.CC.CC.CC.CC.CC.CC.CC.CC.CC.CC.CC.CC.CC.c1ccc2c(c1)Cc1c-2ccc2c1Cc1cc3c4c(c1-2)Cc1ccccc1N4c1ccccc1C3.c1ccc2c(c1)Cc1cc3c(cc1-2)Cc1cc2c4c(c1-3)Cc1ccccc1N4c1ccccc1C2.c1ccc2c(c1)Cc1ccc3c(c1-2)Cc1cc2c4c(c1-3)Cc1ccccc1N4c1ccccc1C2. The minimum atomic E-state index is 1.01. The van der Waals surface area contributed by atoms with Crippen molar-refractivity contribution in [2.24, 2.45) is 0 Å². The molecule has 0 unspecified atom stereocenters. The molecule has 3 heteroatoms. The summed E-state index contributed by atoms with van der Waals surface area (Å²) in [6.07, 6.45) is 12.4. The number of nitrogens with zero attached hydrogens (tertiary/aromatic N) is 3. The van der Waals surface area contributed by atoms with Gasteiger partial charge in [-0.2, -0.15) is 0 Å². The van der Waals surface area contributed by atoms with Gasteiger partial charge in [-0.1, -0.05) is 432 Å². The van der Waals surface area contributed by atoms with Crippen LogP contribution in [-0.4, -0.2) is 0 Å². The Balaban J connectivity index is 0.000000184. The third-order valence-corrected chi connectivity index (χ3v) is 26.1. The van der Waals surface area contributed by atoms with Gasteiger partial charge < -0.3 is 14.7 Å². The average Bonchev–Trinajstić information content (AvgIpc) is 1.60. The third-order valence-electron chi connectivity index (χ3n) is 26.1. The van der Waals surface area contributed by atoms with Gasteiger partial charge in [-0.05, 0) is 287 Å². The van der Waals surface area contributed by atoms with Gasteiger partial charge in [0.15, 0.2) is 0 Å². The van der Waals surface area contributed by atoms with E-state index in [1.165, 1.54) is 235 Å². The van der Waals surface area contributed by atoms with Gasteiger partial charge in [0.2, 0.25) is 0 Å². The van der Waals surface area contributed by atoms with E-state index in [4.69, 9.17) is 0 Å². The Bertz CT molecular complexity index is 6390. The summed E-state index contributed by atoms with van der Waals surface area (Å²) in [5.74, 6) is 0. The van der Waals surface area contributed by atoms with Crippen molar-refractivity contribution in [3.05, 3.63) is 407 Å². The maximum absolute atomic E-state index is 2.56. The maximum Gasteiger partial charge on any atom is 0.0539 e. The van der Waals surface area contributed by atoms with Crippen LogP contribution >= 0.6 is 0 Å². The molecule has 0 fully saturated rings. The number of anilines is 9. The summed E-state index contributed by atoms with van der Waals surface area (Å²) in [6, 6.07) is 103. The maximum atomic E-state index is 2.56. The molecule has 6 aliphatic heterocycles. The molecule has 0 atom stereocenters. The molecule has 135 heavy (non-hydrogen) atoms. The number of hydrogen-bond donors (Lipinski definition) is 0. The average molecular weight is 1790 g/mol. The number of benzene rings is 15. The Hall–Kier alpha value is -12.3. The van der Waals surface area contributed by atoms with Gasteiger partial charge in [0.25, 0.3) is 0 Å². The van der Waals surface area contributed by atoms with E-state index in [9.17, 15) is 0 Å². The Kier molecular flexibility index (Phi) is 38.6. The lowest BCUT2D eigenvalue weighted by Gasteiger charge is -2.40. The van der Waals surface area contributed by atoms with Crippen LogP contribution in [0.5, 0.6) is 0 Å². The summed E-state index contributed by atoms with van der Waals surface area (Å²) < 4.78 is 0. The quantitative estimate of drug-likeness (QED) is 0.150. The summed E-state index contributed by atoms with van der Waals surface area (Å²) in [6.45, 7) is 60.0. The van der Waals surface area contributed by atoms with Crippen LogP contribution in [-0.2, 0) is 77.0 Å². The Morgan fingerprint density at radius 2 is 0.341 bits per heavy atom. The van der Waals surface area contributed by atoms with E-state index in [-0.39, 0.29) is 0 Å². The molecule has 0 saturated heterocycles. The summed E-state index contributed by atoms with van der Waals surface area (Å²) in [5.41, 5.74) is 65.8. The second kappa shape index (κ2) is 49.8. The summed E-state index contributed by atoms with van der Waals surface area (Å²) >= 11 is 0. The highest BCUT2D eigenvalue weighted by molar-refractivity contribution is 6.02. The van der Waals surface area contributed by atoms with E-state index in [1.807, 2.05) is 208 Å². The molecular formula is C132H159N3. The van der Waals surface area contributed by atoms with Crippen LogP contribution in [0.2, 0.25) is 0 Å². The van der Waals surface area contributed by atoms with Crippen molar-refractivity contribution in [1.29, 1.82) is 0 Å². The summed E-state index contributed by atoms with van der Waals surface area (Å²) in [7, 11) is 0. The van der Waals surface area contributed by atoms with E-state index in [1.54, 1.807) is 16.7 Å². The predicted octanol–water partition coefficient (Wildman–Crippen LogP) is 39.7. The number of para-hydroxylation sites is 6.